The monoisotopic (exact) mass is 142 g/mol. The Kier molecular flexibility index (Phi) is 5.50. The maximum Gasteiger partial charge on any atom is 0.384 e. The lowest BCUT2D eigenvalue weighted by molar-refractivity contribution is -0.136. The molecule has 0 amide bonds. The molecule has 1 N–H and O–H groups in total. The first-order chi connectivity index (χ1) is 4.81. The van der Waals surface area contributed by atoms with Gasteiger partial charge in [0.05, 0.1) is 6.61 Å². The average molecular weight is 142 g/mol. The molecule has 0 unspecified atom stereocenters. The van der Waals surface area contributed by atoms with Crippen molar-refractivity contribution >= 4 is 5.97 Å². The zero-order valence-corrected chi connectivity index (χ0v) is 5.89. The summed E-state index contributed by atoms with van der Waals surface area (Å²) < 4.78 is 4.55. The molecular formula is C7H10O3. The first kappa shape index (κ1) is 8.99. The van der Waals surface area contributed by atoms with Crippen LogP contribution in [0.5, 0.6) is 0 Å². The van der Waals surface area contributed by atoms with Crippen LogP contribution in [-0.4, -0.2) is 24.3 Å². The summed E-state index contributed by atoms with van der Waals surface area (Å²) in [6.45, 7) is 1.84. The van der Waals surface area contributed by atoms with Gasteiger partial charge in [-0.25, -0.2) is 4.79 Å². The number of esters is 1. The highest BCUT2D eigenvalue weighted by Crippen LogP contribution is 1.80. The number of ether oxygens (including phenoxy) is 1. The lowest BCUT2D eigenvalue weighted by Gasteiger charge is -1.95. The van der Waals surface area contributed by atoms with Crippen molar-refractivity contribution in [2.75, 3.05) is 13.2 Å². The second kappa shape index (κ2) is 6.12. The lowest BCUT2D eigenvalue weighted by Crippen LogP contribution is -2.03. The van der Waals surface area contributed by atoms with Gasteiger partial charge in [0.15, 0.2) is 0 Å². The molecule has 0 aromatic rings. The Bertz CT molecular complexity index is 152. The molecule has 0 atom stereocenters. The first-order valence-corrected chi connectivity index (χ1v) is 3.01. The molecule has 0 heterocycles. The van der Waals surface area contributed by atoms with E-state index in [1.807, 2.05) is 0 Å². The molecule has 0 saturated carbocycles. The smallest absolute Gasteiger partial charge is 0.384 e. The third kappa shape index (κ3) is 5.13. The second-order valence-corrected chi connectivity index (χ2v) is 1.59. The molecule has 10 heavy (non-hydrogen) atoms. The Morgan fingerprint density at radius 2 is 2.40 bits per heavy atom. The second-order valence-electron chi connectivity index (χ2n) is 1.59. The van der Waals surface area contributed by atoms with E-state index < -0.39 is 5.97 Å². The fourth-order valence-electron chi connectivity index (χ4n) is 0.368. The van der Waals surface area contributed by atoms with Gasteiger partial charge in [0, 0.05) is 18.9 Å². The third-order valence-electron chi connectivity index (χ3n) is 0.763. The summed E-state index contributed by atoms with van der Waals surface area (Å²) >= 11 is 0. The summed E-state index contributed by atoms with van der Waals surface area (Å²) in [4.78, 5) is 10.4. The Morgan fingerprint density at radius 3 is 2.90 bits per heavy atom. The van der Waals surface area contributed by atoms with Crippen molar-refractivity contribution in [3.05, 3.63) is 0 Å². The van der Waals surface area contributed by atoms with Crippen molar-refractivity contribution in [3.63, 3.8) is 0 Å². The molecule has 0 spiro atoms. The van der Waals surface area contributed by atoms with E-state index in [0.29, 0.717) is 6.42 Å². The van der Waals surface area contributed by atoms with Gasteiger partial charge in [-0.1, -0.05) is 5.92 Å². The molecule has 0 rings (SSSR count). The molecule has 0 aliphatic carbocycles. The number of rotatable bonds is 3. The number of hydrogen-bond donors (Lipinski definition) is 1. The van der Waals surface area contributed by atoms with E-state index in [-0.39, 0.29) is 13.2 Å². The standard InChI is InChI=1S/C7H10O3/c1-2-4-7(9)10-6-3-5-8/h8H,3,5-6H2,1H3. The van der Waals surface area contributed by atoms with Crippen LogP contribution in [0.1, 0.15) is 13.3 Å². The van der Waals surface area contributed by atoms with Crippen LogP contribution in [-0.2, 0) is 9.53 Å². The topological polar surface area (TPSA) is 46.5 Å². The maximum absolute atomic E-state index is 10.4. The number of aliphatic hydroxyl groups excluding tert-OH is 1. The van der Waals surface area contributed by atoms with Crippen molar-refractivity contribution in [1.82, 2.24) is 0 Å². The molecule has 0 radical (unpaired) electrons. The summed E-state index contributed by atoms with van der Waals surface area (Å²) in [5.41, 5.74) is 0. The van der Waals surface area contributed by atoms with Gasteiger partial charge >= 0.3 is 5.97 Å². The van der Waals surface area contributed by atoms with Crippen molar-refractivity contribution in [1.29, 1.82) is 0 Å². The summed E-state index contributed by atoms with van der Waals surface area (Å²) in [6, 6.07) is 0. The predicted octanol–water partition coefficient (Wildman–Crippen LogP) is -0.0647. The summed E-state index contributed by atoms with van der Waals surface area (Å²) in [5, 5.41) is 8.28. The largest absolute Gasteiger partial charge is 0.456 e. The number of carbonyl (C=O) groups excluding carboxylic acids is 1. The van der Waals surface area contributed by atoms with Gasteiger partial charge in [-0.15, -0.1) is 0 Å². The molecule has 0 saturated heterocycles. The van der Waals surface area contributed by atoms with Gasteiger partial charge < -0.3 is 9.84 Å². The van der Waals surface area contributed by atoms with E-state index in [1.54, 1.807) is 6.92 Å². The van der Waals surface area contributed by atoms with Crippen molar-refractivity contribution in [2.24, 2.45) is 0 Å². The highest BCUT2D eigenvalue weighted by atomic mass is 16.5. The zero-order valence-electron chi connectivity index (χ0n) is 5.89. The highest BCUT2D eigenvalue weighted by Gasteiger charge is 1.93. The van der Waals surface area contributed by atoms with Gasteiger partial charge in [-0.2, -0.15) is 0 Å². The zero-order chi connectivity index (χ0) is 7.82. The summed E-state index contributed by atoms with van der Waals surface area (Å²) in [5.74, 6) is 4.09. The lowest BCUT2D eigenvalue weighted by atomic mass is 10.5. The summed E-state index contributed by atoms with van der Waals surface area (Å²) in [6.07, 6.45) is 0.469. The van der Waals surface area contributed by atoms with E-state index in [1.165, 1.54) is 0 Å². The van der Waals surface area contributed by atoms with Gasteiger partial charge in [0.2, 0.25) is 0 Å². The van der Waals surface area contributed by atoms with Crippen LogP contribution < -0.4 is 0 Å². The molecule has 3 heteroatoms. The minimum Gasteiger partial charge on any atom is -0.456 e. The van der Waals surface area contributed by atoms with Gasteiger partial charge in [0.1, 0.15) is 0 Å². The number of hydrogen-bond acceptors (Lipinski definition) is 3. The quantitative estimate of drug-likeness (QED) is 0.260. The van der Waals surface area contributed by atoms with E-state index in [9.17, 15) is 4.79 Å². The first-order valence-electron chi connectivity index (χ1n) is 3.01. The van der Waals surface area contributed by atoms with Crippen molar-refractivity contribution < 1.29 is 14.6 Å². The van der Waals surface area contributed by atoms with Crippen LogP contribution in [0.3, 0.4) is 0 Å². The van der Waals surface area contributed by atoms with E-state index in [2.05, 4.69) is 16.6 Å². The van der Waals surface area contributed by atoms with Crippen LogP contribution in [0.15, 0.2) is 0 Å². The third-order valence-corrected chi connectivity index (χ3v) is 0.763. The molecule has 0 aliphatic heterocycles. The Hall–Kier alpha value is -1.01. The molecule has 0 aliphatic rings. The van der Waals surface area contributed by atoms with Gasteiger partial charge in [-0.05, 0) is 6.92 Å². The number of carbonyl (C=O) groups is 1. The minimum atomic E-state index is -0.532. The van der Waals surface area contributed by atoms with Crippen LogP contribution in [0, 0.1) is 11.8 Å². The molecule has 0 aromatic heterocycles. The highest BCUT2D eigenvalue weighted by molar-refractivity contribution is 5.88. The Morgan fingerprint density at radius 1 is 1.70 bits per heavy atom. The molecule has 0 aromatic carbocycles. The molecule has 0 bridgehead atoms. The average Bonchev–Trinajstić information content (AvgIpc) is 1.89. The summed E-state index contributed by atoms with van der Waals surface area (Å²) in [7, 11) is 0. The van der Waals surface area contributed by atoms with E-state index in [4.69, 9.17) is 5.11 Å². The van der Waals surface area contributed by atoms with Gasteiger partial charge in [0.25, 0.3) is 0 Å². The van der Waals surface area contributed by atoms with Crippen LogP contribution >= 0.6 is 0 Å². The molecule has 56 valence electrons. The fourth-order valence-corrected chi connectivity index (χ4v) is 0.368. The van der Waals surface area contributed by atoms with E-state index >= 15 is 0 Å². The van der Waals surface area contributed by atoms with Gasteiger partial charge in [-0.3, -0.25) is 0 Å². The van der Waals surface area contributed by atoms with E-state index in [0.717, 1.165) is 0 Å². The Labute approximate surface area is 60.0 Å². The Balaban J connectivity index is 3.28. The van der Waals surface area contributed by atoms with Crippen molar-refractivity contribution in [2.45, 2.75) is 13.3 Å². The molecule has 3 nitrogen and oxygen atoms in total. The normalized spacial score (nSPS) is 7.80. The maximum atomic E-state index is 10.4. The molecule has 0 fully saturated rings. The van der Waals surface area contributed by atoms with Crippen LogP contribution in [0.4, 0.5) is 0 Å². The number of aliphatic hydroxyl groups is 1. The SMILES string of the molecule is CC#CC(=O)OCCCO. The van der Waals surface area contributed by atoms with Crippen LogP contribution in [0.25, 0.3) is 0 Å². The molecular weight excluding hydrogens is 132 g/mol. The predicted molar refractivity (Wildman–Crippen MR) is 36.1 cm³/mol. The minimum absolute atomic E-state index is 0.0346. The van der Waals surface area contributed by atoms with Crippen molar-refractivity contribution in [3.8, 4) is 11.8 Å². The fraction of sp³-hybridized carbons (Fsp3) is 0.571. The van der Waals surface area contributed by atoms with Crippen LogP contribution in [0.2, 0.25) is 0 Å².